The molecular weight excluding hydrogens is 300 g/mol. The quantitative estimate of drug-likeness (QED) is 0.301. The van der Waals surface area contributed by atoms with E-state index in [1.54, 1.807) is 13.8 Å². The lowest BCUT2D eigenvalue weighted by Crippen LogP contribution is -2.38. The third-order valence-electron chi connectivity index (χ3n) is 4.27. The van der Waals surface area contributed by atoms with Crippen LogP contribution in [0, 0.1) is 11.8 Å². The maximum Gasteiger partial charge on any atom is 0.345 e. The van der Waals surface area contributed by atoms with E-state index in [1.165, 1.54) is 0 Å². The van der Waals surface area contributed by atoms with E-state index in [-0.39, 0.29) is 11.8 Å². The first-order valence-corrected chi connectivity index (χ1v) is 8.72. The zero-order valence-electron chi connectivity index (χ0n) is 15.3. The predicted octanol–water partition coefficient (Wildman–Crippen LogP) is 4.32. The highest BCUT2D eigenvalue weighted by Crippen LogP contribution is 2.25. The van der Waals surface area contributed by atoms with Crippen molar-refractivity contribution in [2.24, 2.45) is 11.8 Å². The molecule has 0 aliphatic rings. The summed E-state index contributed by atoms with van der Waals surface area (Å²) in [5, 5.41) is 0. The van der Waals surface area contributed by atoms with Gasteiger partial charge in [0.1, 0.15) is 0 Å². The first-order chi connectivity index (χ1) is 10.9. The molecule has 0 radical (unpaired) electrons. The minimum atomic E-state index is -1.27. The predicted molar refractivity (Wildman–Crippen MR) is 85.8 cm³/mol. The Kier molecular flexibility index (Phi) is 10.8. The molecule has 0 N–H and O–H groups in total. The van der Waals surface area contributed by atoms with Crippen molar-refractivity contribution < 1.29 is 29.1 Å². The van der Waals surface area contributed by atoms with Gasteiger partial charge in [-0.1, -0.05) is 41.5 Å². The van der Waals surface area contributed by atoms with Crippen LogP contribution in [-0.4, -0.2) is 17.7 Å². The molecule has 0 heterocycles. The second kappa shape index (κ2) is 11.4. The fraction of sp³-hybridized carbons (Fsp3) is 0.882. The molecule has 0 amide bonds. The zero-order chi connectivity index (χ0) is 17.9. The fourth-order valence-corrected chi connectivity index (χ4v) is 2.11. The third-order valence-corrected chi connectivity index (χ3v) is 4.27. The van der Waals surface area contributed by atoms with Gasteiger partial charge in [0.05, 0.1) is 11.8 Å². The zero-order valence-corrected chi connectivity index (χ0v) is 15.3. The lowest BCUT2D eigenvalue weighted by atomic mass is 10.0. The summed E-state index contributed by atoms with van der Waals surface area (Å²) in [6.07, 6.45) is 3.44. The molecule has 0 saturated carbocycles. The number of hydrogen-bond donors (Lipinski definition) is 0. The summed E-state index contributed by atoms with van der Waals surface area (Å²) in [5.74, 6) is -2.57. The van der Waals surface area contributed by atoms with Crippen LogP contribution in [0.2, 0.25) is 0 Å². The van der Waals surface area contributed by atoms with Gasteiger partial charge in [-0.25, -0.2) is 9.59 Å². The average Bonchev–Trinajstić information content (AvgIpc) is 2.58. The van der Waals surface area contributed by atoms with Crippen molar-refractivity contribution in [3.8, 4) is 0 Å². The van der Waals surface area contributed by atoms with Crippen molar-refractivity contribution in [2.75, 3.05) is 0 Å². The fourth-order valence-electron chi connectivity index (χ4n) is 2.11. The Morgan fingerprint density at radius 3 is 1.22 bits per heavy atom. The van der Waals surface area contributed by atoms with Crippen LogP contribution in [0.4, 0.5) is 0 Å². The van der Waals surface area contributed by atoms with E-state index in [0.29, 0.717) is 38.5 Å². The molecule has 6 heteroatoms. The van der Waals surface area contributed by atoms with Gasteiger partial charge in [0.15, 0.2) is 0 Å². The number of carbonyl (C=O) groups is 2. The van der Waals surface area contributed by atoms with E-state index in [9.17, 15) is 9.59 Å². The molecular formula is C17H32O6. The van der Waals surface area contributed by atoms with Gasteiger partial charge in [0.2, 0.25) is 0 Å². The first-order valence-electron chi connectivity index (χ1n) is 8.72. The smallest absolute Gasteiger partial charge is 0.295 e. The van der Waals surface area contributed by atoms with E-state index < -0.39 is 17.7 Å². The maximum absolute atomic E-state index is 11.9. The van der Waals surface area contributed by atoms with Crippen molar-refractivity contribution in [3.63, 3.8) is 0 Å². The van der Waals surface area contributed by atoms with E-state index in [4.69, 9.17) is 19.6 Å². The van der Waals surface area contributed by atoms with Gasteiger partial charge < -0.3 is 0 Å². The summed E-state index contributed by atoms with van der Waals surface area (Å²) in [6.45, 7) is 11.3. The normalized spacial score (nSPS) is 11.8. The van der Waals surface area contributed by atoms with Crippen LogP contribution >= 0.6 is 0 Å². The van der Waals surface area contributed by atoms with Gasteiger partial charge in [-0.05, 0) is 25.7 Å². The van der Waals surface area contributed by atoms with Gasteiger partial charge in [-0.2, -0.15) is 0 Å². The summed E-state index contributed by atoms with van der Waals surface area (Å²) in [5.41, 5.74) is 0. The molecule has 136 valence electrons. The Morgan fingerprint density at radius 1 is 0.696 bits per heavy atom. The molecule has 0 bridgehead atoms. The van der Waals surface area contributed by atoms with E-state index in [0.717, 1.165) is 0 Å². The maximum atomic E-state index is 11.9. The Hall–Kier alpha value is -1.14. The van der Waals surface area contributed by atoms with Crippen molar-refractivity contribution in [1.29, 1.82) is 0 Å². The van der Waals surface area contributed by atoms with Crippen LogP contribution in [0.15, 0.2) is 0 Å². The summed E-state index contributed by atoms with van der Waals surface area (Å²) < 4.78 is 0. The minimum Gasteiger partial charge on any atom is -0.295 e. The molecule has 0 saturated heterocycles. The molecule has 0 aliphatic heterocycles. The van der Waals surface area contributed by atoms with E-state index >= 15 is 0 Å². The van der Waals surface area contributed by atoms with Crippen molar-refractivity contribution in [2.45, 2.75) is 85.9 Å². The average molecular weight is 332 g/mol. The lowest BCUT2D eigenvalue weighted by Gasteiger charge is -2.28. The van der Waals surface area contributed by atoms with Crippen molar-refractivity contribution >= 4 is 11.9 Å². The van der Waals surface area contributed by atoms with Crippen LogP contribution in [0.3, 0.4) is 0 Å². The largest absolute Gasteiger partial charge is 0.345 e. The molecule has 23 heavy (non-hydrogen) atoms. The highest BCUT2D eigenvalue weighted by molar-refractivity contribution is 5.72. The Labute approximate surface area is 139 Å². The monoisotopic (exact) mass is 332 g/mol. The van der Waals surface area contributed by atoms with Gasteiger partial charge in [0, 0.05) is 12.8 Å². The van der Waals surface area contributed by atoms with Crippen LogP contribution in [0.5, 0.6) is 0 Å². The highest BCUT2D eigenvalue weighted by Gasteiger charge is 2.36. The summed E-state index contributed by atoms with van der Waals surface area (Å²) in [6, 6.07) is 0. The highest BCUT2D eigenvalue weighted by atomic mass is 17.3. The molecule has 0 unspecified atom stereocenters. The van der Waals surface area contributed by atoms with Crippen LogP contribution < -0.4 is 0 Å². The molecule has 0 aliphatic carbocycles. The molecule has 0 aromatic rings. The Balaban J connectivity index is 4.68. The summed E-state index contributed by atoms with van der Waals surface area (Å²) >= 11 is 0. The Bertz CT molecular complexity index is 313. The second-order valence-corrected chi connectivity index (χ2v) is 5.62. The van der Waals surface area contributed by atoms with E-state index in [2.05, 4.69) is 0 Å². The number of carbonyl (C=O) groups excluding carboxylic acids is 2. The van der Waals surface area contributed by atoms with Gasteiger partial charge in [-0.15, -0.1) is 9.78 Å². The topological polar surface area (TPSA) is 71.1 Å². The SMILES string of the molecule is CCC(CC)C(=O)OOC(CC)(CC)OOC(=O)C(CC)CC. The molecule has 6 nitrogen and oxygen atoms in total. The second-order valence-electron chi connectivity index (χ2n) is 5.62. The van der Waals surface area contributed by atoms with Gasteiger partial charge in [-0.3, -0.25) is 9.78 Å². The van der Waals surface area contributed by atoms with Crippen LogP contribution in [-0.2, 0) is 29.1 Å². The van der Waals surface area contributed by atoms with Crippen LogP contribution in [0.25, 0.3) is 0 Å². The molecule has 0 aromatic heterocycles. The summed E-state index contributed by atoms with van der Waals surface area (Å²) in [7, 11) is 0. The number of hydrogen-bond acceptors (Lipinski definition) is 6. The van der Waals surface area contributed by atoms with Gasteiger partial charge in [0.25, 0.3) is 5.79 Å². The molecule has 0 spiro atoms. The molecule has 0 fully saturated rings. The summed E-state index contributed by atoms with van der Waals surface area (Å²) in [4.78, 5) is 44.1. The van der Waals surface area contributed by atoms with Crippen LogP contribution in [0.1, 0.15) is 80.1 Å². The van der Waals surface area contributed by atoms with Crippen molar-refractivity contribution in [3.05, 3.63) is 0 Å². The number of rotatable bonds is 12. The first kappa shape index (κ1) is 21.9. The molecule has 0 atom stereocenters. The molecule has 0 rings (SSSR count). The standard InChI is InChI=1S/C17H32O6/c1-7-13(8-2)15(18)20-22-17(11-5,12-6)23-21-16(19)14(9-3)10-4/h13-14H,7-12H2,1-6H3. The van der Waals surface area contributed by atoms with Gasteiger partial charge >= 0.3 is 11.9 Å². The molecule has 0 aromatic carbocycles. The lowest BCUT2D eigenvalue weighted by molar-refractivity contribution is -0.484. The minimum absolute atomic E-state index is 0.214. The Morgan fingerprint density at radius 2 is 1.00 bits per heavy atom. The van der Waals surface area contributed by atoms with E-state index in [1.807, 2.05) is 27.7 Å². The van der Waals surface area contributed by atoms with Crippen molar-refractivity contribution in [1.82, 2.24) is 0 Å². The third kappa shape index (κ3) is 6.87.